The van der Waals surface area contributed by atoms with Gasteiger partial charge in [-0.3, -0.25) is 14.4 Å². The summed E-state index contributed by atoms with van der Waals surface area (Å²) in [5.41, 5.74) is 0. The smallest absolute Gasteiger partial charge is 0.306 e. The first-order chi connectivity index (χ1) is 37.5. The summed E-state index contributed by atoms with van der Waals surface area (Å²) in [6.45, 7) is 6.52. The van der Waals surface area contributed by atoms with E-state index in [4.69, 9.17) is 14.2 Å². The van der Waals surface area contributed by atoms with Crippen LogP contribution in [0.4, 0.5) is 0 Å². The zero-order valence-corrected chi connectivity index (χ0v) is 50.0. The van der Waals surface area contributed by atoms with Gasteiger partial charge in [-0.05, 0) is 103 Å². The van der Waals surface area contributed by atoms with Crippen molar-refractivity contribution in [2.45, 2.75) is 316 Å². The van der Waals surface area contributed by atoms with Crippen molar-refractivity contribution < 1.29 is 28.6 Å². The molecule has 0 spiro atoms. The van der Waals surface area contributed by atoms with Gasteiger partial charge in [0, 0.05) is 19.3 Å². The van der Waals surface area contributed by atoms with E-state index in [0.29, 0.717) is 19.3 Å². The molecule has 0 heterocycles. The minimum Gasteiger partial charge on any atom is -0.462 e. The molecule has 436 valence electrons. The summed E-state index contributed by atoms with van der Waals surface area (Å²) in [5, 5.41) is 0. The fourth-order valence-electron chi connectivity index (χ4n) is 9.01. The van der Waals surface area contributed by atoms with Crippen LogP contribution >= 0.6 is 0 Å². The number of esters is 3. The van der Waals surface area contributed by atoms with Crippen LogP contribution in [0.3, 0.4) is 0 Å². The predicted octanol–water partition coefficient (Wildman–Crippen LogP) is 22.0. The van der Waals surface area contributed by atoms with Crippen molar-refractivity contribution in [1.29, 1.82) is 0 Å². The Morgan fingerprint density at radius 2 is 0.513 bits per heavy atom. The second kappa shape index (κ2) is 63.9. The first-order valence-corrected chi connectivity index (χ1v) is 32.2. The van der Waals surface area contributed by atoms with Crippen LogP contribution in [0.5, 0.6) is 0 Å². The van der Waals surface area contributed by atoms with Crippen molar-refractivity contribution in [3.05, 3.63) is 97.2 Å². The molecule has 0 radical (unpaired) electrons. The van der Waals surface area contributed by atoms with Gasteiger partial charge in [0.25, 0.3) is 0 Å². The first-order valence-electron chi connectivity index (χ1n) is 32.2. The molecular formula is C70H120O6. The number of hydrogen-bond donors (Lipinski definition) is 0. The van der Waals surface area contributed by atoms with Crippen LogP contribution in [0, 0.1) is 0 Å². The summed E-state index contributed by atoms with van der Waals surface area (Å²) >= 11 is 0. The van der Waals surface area contributed by atoms with Crippen LogP contribution in [0.25, 0.3) is 0 Å². The second-order valence-corrected chi connectivity index (χ2v) is 21.3. The van der Waals surface area contributed by atoms with Gasteiger partial charge in [0.2, 0.25) is 0 Å². The van der Waals surface area contributed by atoms with Crippen LogP contribution in [0.2, 0.25) is 0 Å². The first kappa shape index (κ1) is 72.3. The van der Waals surface area contributed by atoms with E-state index in [-0.39, 0.29) is 31.1 Å². The average molecular weight is 1060 g/mol. The Balaban J connectivity index is 4.40. The fraction of sp³-hybridized carbons (Fsp3) is 0.729. The fourth-order valence-corrected chi connectivity index (χ4v) is 9.01. The lowest BCUT2D eigenvalue weighted by molar-refractivity contribution is -0.167. The standard InChI is InChI=1S/C70H120O6/c1-4-7-10-13-16-19-22-25-28-31-32-33-34-35-36-37-38-40-42-45-48-51-54-57-60-63-69(72)75-66-67(65-74-68(71)62-59-56-53-50-47-44-41-30-27-24-21-18-15-12-9-6-3)76-70(73)64-61-58-55-52-49-46-43-39-29-26-23-20-17-14-11-8-5-2/h7,10,16,19,21,24-25,28,30,32-33,35-36,38,40-41,67H,4-6,8-9,11-15,17-18,20,22-23,26-27,29,31,34,37,39,42-66H2,1-3H3/b10-7-,19-16-,24-21-,28-25-,33-32-,36-35-,40-38-,41-30-. The summed E-state index contributed by atoms with van der Waals surface area (Å²) in [6.07, 6.45) is 85.5. The van der Waals surface area contributed by atoms with Crippen molar-refractivity contribution in [1.82, 2.24) is 0 Å². The maximum atomic E-state index is 12.9. The Morgan fingerprint density at radius 1 is 0.276 bits per heavy atom. The maximum absolute atomic E-state index is 12.9. The number of carbonyl (C=O) groups is 3. The number of ether oxygens (including phenoxy) is 3. The second-order valence-electron chi connectivity index (χ2n) is 21.3. The van der Waals surface area contributed by atoms with Gasteiger partial charge in [-0.15, -0.1) is 0 Å². The lowest BCUT2D eigenvalue weighted by Gasteiger charge is -2.18. The zero-order valence-electron chi connectivity index (χ0n) is 50.0. The molecule has 0 aromatic heterocycles. The molecule has 1 unspecified atom stereocenters. The van der Waals surface area contributed by atoms with E-state index in [2.05, 4.69) is 118 Å². The van der Waals surface area contributed by atoms with Crippen LogP contribution in [0.15, 0.2) is 97.2 Å². The van der Waals surface area contributed by atoms with Gasteiger partial charge in [0.05, 0.1) is 0 Å². The Hall–Kier alpha value is -3.67. The van der Waals surface area contributed by atoms with E-state index in [1.54, 1.807) is 0 Å². The molecule has 0 aliphatic rings. The number of rotatable bonds is 58. The summed E-state index contributed by atoms with van der Waals surface area (Å²) in [7, 11) is 0. The highest BCUT2D eigenvalue weighted by Crippen LogP contribution is 2.16. The number of carbonyl (C=O) groups excluding carboxylic acids is 3. The number of unbranched alkanes of at least 4 members (excludes halogenated alkanes) is 31. The number of hydrogen-bond acceptors (Lipinski definition) is 6. The highest BCUT2D eigenvalue weighted by molar-refractivity contribution is 5.71. The quantitative estimate of drug-likeness (QED) is 0.0261. The van der Waals surface area contributed by atoms with E-state index >= 15 is 0 Å². The van der Waals surface area contributed by atoms with E-state index in [0.717, 1.165) is 128 Å². The van der Waals surface area contributed by atoms with Crippen molar-refractivity contribution in [3.8, 4) is 0 Å². The van der Waals surface area contributed by atoms with Crippen molar-refractivity contribution in [2.24, 2.45) is 0 Å². The third kappa shape index (κ3) is 61.2. The summed E-state index contributed by atoms with van der Waals surface area (Å²) < 4.78 is 16.9. The van der Waals surface area contributed by atoms with Gasteiger partial charge in [-0.1, -0.05) is 285 Å². The third-order valence-corrected chi connectivity index (χ3v) is 13.8. The van der Waals surface area contributed by atoms with Crippen LogP contribution in [-0.2, 0) is 28.6 Å². The minimum absolute atomic E-state index is 0.0874. The Labute approximate surface area is 470 Å². The summed E-state index contributed by atoms with van der Waals surface area (Å²) in [4.78, 5) is 38.3. The Kier molecular flexibility index (Phi) is 60.8. The molecule has 0 aliphatic heterocycles. The van der Waals surface area contributed by atoms with Gasteiger partial charge in [-0.2, -0.15) is 0 Å². The van der Waals surface area contributed by atoms with E-state index in [1.165, 1.54) is 141 Å². The minimum atomic E-state index is -0.790. The summed E-state index contributed by atoms with van der Waals surface area (Å²) in [6, 6.07) is 0. The molecule has 0 bridgehead atoms. The van der Waals surface area contributed by atoms with Crippen LogP contribution in [-0.4, -0.2) is 37.2 Å². The topological polar surface area (TPSA) is 78.9 Å². The highest BCUT2D eigenvalue weighted by atomic mass is 16.6. The lowest BCUT2D eigenvalue weighted by Crippen LogP contribution is -2.30. The van der Waals surface area contributed by atoms with Gasteiger partial charge >= 0.3 is 17.9 Å². The maximum Gasteiger partial charge on any atom is 0.306 e. The van der Waals surface area contributed by atoms with Gasteiger partial charge in [-0.25, -0.2) is 0 Å². The van der Waals surface area contributed by atoms with E-state index in [1.807, 2.05) is 0 Å². The Bertz CT molecular complexity index is 1490. The molecule has 6 heteroatoms. The highest BCUT2D eigenvalue weighted by Gasteiger charge is 2.19. The van der Waals surface area contributed by atoms with Crippen molar-refractivity contribution in [2.75, 3.05) is 13.2 Å². The monoisotopic (exact) mass is 1060 g/mol. The third-order valence-electron chi connectivity index (χ3n) is 13.8. The molecule has 0 saturated heterocycles. The predicted molar refractivity (Wildman–Crippen MR) is 330 cm³/mol. The Morgan fingerprint density at radius 3 is 0.816 bits per heavy atom. The number of allylic oxidation sites excluding steroid dienone is 16. The molecule has 6 nitrogen and oxygen atoms in total. The van der Waals surface area contributed by atoms with Gasteiger partial charge in [0.15, 0.2) is 6.10 Å². The van der Waals surface area contributed by atoms with Crippen LogP contribution < -0.4 is 0 Å². The van der Waals surface area contributed by atoms with Gasteiger partial charge in [0.1, 0.15) is 13.2 Å². The summed E-state index contributed by atoms with van der Waals surface area (Å²) in [5.74, 6) is -0.902. The molecule has 0 saturated carbocycles. The largest absolute Gasteiger partial charge is 0.462 e. The molecule has 0 aromatic rings. The molecule has 0 rings (SSSR count). The van der Waals surface area contributed by atoms with E-state index in [9.17, 15) is 14.4 Å². The van der Waals surface area contributed by atoms with Crippen molar-refractivity contribution in [3.63, 3.8) is 0 Å². The lowest BCUT2D eigenvalue weighted by atomic mass is 10.0. The molecule has 0 aromatic carbocycles. The molecule has 0 fully saturated rings. The molecule has 0 aliphatic carbocycles. The molecule has 0 amide bonds. The van der Waals surface area contributed by atoms with Crippen molar-refractivity contribution >= 4 is 17.9 Å². The normalized spacial score (nSPS) is 12.7. The SMILES string of the molecule is CC/C=C\C/C=C\C/C=C\C/C=C\C/C=C\C/C=C\CCCCCCCCC(=O)OCC(COC(=O)CCCCCCC/C=C\C/C=C\CCCCCC)OC(=O)CCCCCCCCCCCCCCCCCCC. The van der Waals surface area contributed by atoms with Crippen LogP contribution in [0.1, 0.15) is 310 Å². The molecule has 1 atom stereocenters. The van der Waals surface area contributed by atoms with E-state index < -0.39 is 6.10 Å². The molecular weight excluding hydrogens is 937 g/mol. The van der Waals surface area contributed by atoms with Gasteiger partial charge < -0.3 is 14.2 Å². The zero-order chi connectivity index (χ0) is 55.0. The average Bonchev–Trinajstić information content (AvgIpc) is 3.42. The molecule has 0 N–H and O–H groups in total. The molecule has 76 heavy (non-hydrogen) atoms.